The fourth-order valence-corrected chi connectivity index (χ4v) is 7.52. The second kappa shape index (κ2) is 14.0. The molecular formula is C40H45N7O5. The third-order valence-corrected chi connectivity index (χ3v) is 10.5. The van der Waals surface area contributed by atoms with Crippen molar-refractivity contribution in [2.45, 2.75) is 77.6 Å². The van der Waals surface area contributed by atoms with E-state index in [1.54, 1.807) is 25.0 Å². The van der Waals surface area contributed by atoms with Crippen LogP contribution in [-0.2, 0) is 22.7 Å². The Bertz CT molecular complexity index is 2150. The fourth-order valence-electron chi connectivity index (χ4n) is 7.52. The van der Waals surface area contributed by atoms with E-state index in [4.69, 9.17) is 19.4 Å². The molecule has 270 valence electrons. The van der Waals surface area contributed by atoms with Gasteiger partial charge in [0.15, 0.2) is 5.88 Å². The second-order valence-electron chi connectivity index (χ2n) is 14.6. The number of nitrogens with zero attached hydrogens (tertiary/aromatic N) is 5. The van der Waals surface area contributed by atoms with Gasteiger partial charge in [-0.3, -0.25) is 14.0 Å². The number of piperidine rings is 1. The predicted octanol–water partition coefficient (Wildman–Crippen LogP) is 6.20. The average Bonchev–Trinajstić information content (AvgIpc) is 4.09. The van der Waals surface area contributed by atoms with E-state index in [2.05, 4.69) is 27.3 Å². The molecule has 0 bridgehead atoms. The number of aryl methyl sites for hydroxylation is 1. The summed E-state index contributed by atoms with van der Waals surface area (Å²) < 4.78 is 15.5. The molecule has 2 atom stereocenters. The van der Waals surface area contributed by atoms with Crippen LogP contribution in [0.15, 0.2) is 60.7 Å². The fraction of sp³-hybridized carbons (Fsp3) is 0.425. The number of methoxy groups -OCH3 is 1. The highest BCUT2D eigenvalue weighted by Gasteiger charge is 2.35. The minimum atomic E-state index is -0.493. The van der Waals surface area contributed by atoms with Crippen LogP contribution in [0, 0.1) is 18.8 Å². The number of likely N-dealkylation sites (tertiary alicyclic amines) is 1. The predicted molar refractivity (Wildman–Crippen MR) is 196 cm³/mol. The van der Waals surface area contributed by atoms with Gasteiger partial charge in [0.1, 0.15) is 23.6 Å². The molecule has 52 heavy (non-hydrogen) atoms. The first-order chi connectivity index (χ1) is 25.2. The molecule has 1 unspecified atom stereocenters. The molecule has 2 aliphatic carbocycles. The van der Waals surface area contributed by atoms with E-state index < -0.39 is 6.09 Å². The first kappa shape index (κ1) is 33.7. The van der Waals surface area contributed by atoms with E-state index in [1.165, 1.54) is 12.8 Å². The molecule has 12 nitrogen and oxygen atoms in total. The number of nitrogens with one attached hydrogen (secondary N) is 2. The van der Waals surface area contributed by atoms with Gasteiger partial charge in [-0.2, -0.15) is 0 Å². The molecule has 8 rings (SSSR count). The summed E-state index contributed by atoms with van der Waals surface area (Å²) in [6, 6.07) is 19.1. The molecule has 2 N–H and O–H groups in total. The number of amides is 3. The van der Waals surface area contributed by atoms with Crippen LogP contribution in [0.5, 0.6) is 5.88 Å². The van der Waals surface area contributed by atoms with Gasteiger partial charge in [-0.1, -0.05) is 30.3 Å². The second-order valence-corrected chi connectivity index (χ2v) is 14.6. The normalized spacial score (nSPS) is 18.0. The molecule has 3 amide bonds. The Morgan fingerprint density at radius 3 is 2.52 bits per heavy atom. The minimum absolute atomic E-state index is 0.0454. The quantitative estimate of drug-likeness (QED) is 0.168. The van der Waals surface area contributed by atoms with Crippen LogP contribution >= 0.6 is 0 Å². The number of alkyl carbamates (subject to hydrolysis) is 1. The Morgan fingerprint density at radius 2 is 1.79 bits per heavy atom. The third-order valence-electron chi connectivity index (χ3n) is 10.5. The highest BCUT2D eigenvalue weighted by atomic mass is 16.5. The average molecular weight is 704 g/mol. The number of rotatable bonds is 11. The SMILES string of the molecule is COc1cc(C(=O)N2CCC[C@@H](NC(=O)OCc3ccccc3)C2)cc2nc(-c3cc4ccc(C(NC(C)=O)C5CC5)nc4n3CC3CC3)c(C)n12. The molecular weight excluding hydrogens is 658 g/mol. The summed E-state index contributed by atoms with van der Waals surface area (Å²) in [5.74, 6) is 1.33. The maximum Gasteiger partial charge on any atom is 0.407 e. The van der Waals surface area contributed by atoms with Gasteiger partial charge in [0.05, 0.1) is 30.2 Å². The van der Waals surface area contributed by atoms with Gasteiger partial charge in [0, 0.05) is 49.6 Å². The Labute approximate surface area is 302 Å². The maximum absolute atomic E-state index is 14.0. The van der Waals surface area contributed by atoms with Gasteiger partial charge in [0.25, 0.3) is 5.91 Å². The highest BCUT2D eigenvalue weighted by Crippen LogP contribution is 2.42. The zero-order valence-electron chi connectivity index (χ0n) is 29.9. The van der Waals surface area contributed by atoms with Crippen molar-refractivity contribution in [1.82, 2.24) is 34.5 Å². The number of carbonyl (C=O) groups is 3. The molecule has 0 radical (unpaired) electrons. The van der Waals surface area contributed by atoms with Crippen molar-refractivity contribution in [1.29, 1.82) is 0 Å². The summed E-state index contributed by atoms with van der Waals surface area (Å²) in [5, 5.41) is 7.10. The Morgan fingerprint density at radius 1 is 0.981 bits per heavy atom. The van der Waals surface area contributed by atoms with Crippen LogP contribution in [0.2, 0.25) is 0 Å². The van der Waals surface area contributed by atoms with Gasteiger partial charge in [-0.15, -0.1) is 0 Å². The zero-order valence-corrected chi connectivity index (χ0v) is 29.9. The van der Waals surface area contributed by atoms with Crippen LogP contribution in [0.1, 0.15) is 78.8 Å². The highest BCUT2D eigenvalue weighted by molar-refractivity contribution is 5.96. The third kappa shape index (κ3) is 6.93. The van der Waals surface area contributed by atoms with Crippen LogP contribution in [0.25, 0.3) is 28.1 Å². The van der Waals surface area contributed by atoms with Gasteiger partial charge in [-0.25, -0.2) is 14.8 Å². The topological polar surface area (TPSA) is 132 Å². The lowest BCUT2D eigenvalue weighted by Gasteiger charge is -2.33. The van der Waals surface area contributed by atoms with Crippen molar-refractivity contribution in [3.8, 4) is 17.3 Å². The number of fused-ring (bicyclic) bond motifs is 2. The Kier molecular flexibility index (Phi) is 9.06. The van der Waals surface area contributed by atoms with Crippen molar-refractivity contribution in [3.05, 3.63) is 83.2 Å². The van der Waals surface area contributed by atoms with Crippen LogP contribution in [0.3, 0.4) is 0 Å². The summed E-state index contributed by atoms with van der Waals surface area (Å²) in [5.41, 5.74) is 6.46. The molecule has 4 aromatic heterocycles. The number of aromatic nitrogens is 4. The molecule has 3 aliphatic rings. The standard InChI is InChI=1S/C40H45N7O5/c1-24-36(33-18-29-15-16-32(37(28-13-14-28)41-25(2)48)43-38(29)46(33)21-26-11-12-26)44-34-19-30(20-35(51-3)47(24)34)39(49)45-17-7-10-31(22-45)42-40(50)52-23-27-8-5-4-6-9-27/h4-6,8-9,15-16,18-20,26,28,31,37H,7,10-14,17,21-23H2,1-3H3,(H,41,48)(H,42,50)/t31-,37?/m1/s1. The minimum Gasteiger partial charge on any atom is -0.482 e. The molecule has 3 fully saturated rings. The first-order valence-electron chi connectivity index (χ1n) is 18.4. The Hall–Kier alpha value is -5.39. The van der Waals surface area contributed by atoms with E-state index >= 15 is 0 Å². The van der Waals surface area contributed by atoms with E-state index in [0.717, 1.165) is 71.6 Å². The van der Waals surface area contributed by atoms with E-state index in [1.807, 2.05) is 53.8 Å². The van der Waals surface area contributed by atoms with E-state index in [-0.39, 0.29) is 30.5 Å². The number of hydrogen-bond acceptors (Lipinski definition) is 7. The number of carbonyl (C=O) groups excluding carboxylic acids is 3. The Balaban J connectivity index is 1.07. The van der Waals surface area contributed by atoms with Crippen LogP contribution in [-0.4, -0.2) is 68.0 Å². The van der Waals surface area contributed by atoms with Gasteiger partial charge >= 0.3 is 6.09 Å². The summed E-state index contributed by atoms with van der Waals surface area (Å²) in [6.45, 7) is 5.57. The summed E-state index contributed by atoms with van der Waals surface area (Å²) in [7, 11) is 1.60. The van der Waals surface area contributed by atoms with Crippen molar-refractivity contribution in [2.24, 2.45) is 11.8 Å². The first-order valence-corrected chi connectivity index (χ1v) is 18.4. The summed E-state index contributed by atoms with van der Waals surface area (Å²) in [6.07, 6.45) is 5.56. The molecule has 2 saturated carbocycles. The number of pyridine rings is 2. The van der Waals surface area contributed by atoms with Gasteiger partial charge in [0.2, 0.25) is 5.91 Å². The largest absolute Gasteiger partial charge is 0.482 e. The number of imidazole rings is 1. The van der Waals surface area contributed by atoms with Gasteiger partial charge in [-0.05, 0) is 87.1 Å². The molecule has 1 aromatic carbocycles. The van der Waals surface area contributed by atoms with Crippen LogP contribution < -0.4 is 15.4 Å². The molecule has 12 heteroatoms. The summed E-state index contributed by atoms with van der Waals surface area (Å²) >= 11 is 0. The smallest absolute Gasteiger partial charge is 0.407 e. The molecule has 1 saturated heterocycles. The van der Waals surface area contributed by atoms with Crippen molar-refractivity contribution in [2.75, 3.05) is 20.2 Å². The van der Waals surface area contributed by atoms with Crippen molar-refractivity contribution >= 4 is 34.6 Å². The van der Waals surface area contributed by atoms with E-state index in [0.29, 0.717) is 42.0 Å². The number of ether oxygens (including phenoxy) is 2. The lowest BCUT2D eigenvalue weighted by atomic mass is 10.0. The molecule has 5 heterocycles. The van der Waals surface area contributed by atoms with Crippen molar-refractivity contribution in [3.63, 3.8) is 0 Å². The summed E-state index contributed by atoms with van der Waals surface area (Å²) in [4.78, 5) is 50.7. The number of benzene rings is 1. The van der Waals surface area contributed by atoms with E-state index in [9.17, 15) is 14.4 Å². The van der Waals surface area contributed by atoms with Gasteiger partial charge < -0.3 is 29.6 Å². The zero-order chi connectivity index (χ0) is 35.9. The molecule has 5 aromatic rings. The lowest BCUT2D eigenvalue weighted by molar-refractivity contribution is -0.119. The maximum atomic E-state index is 14.0. The molecule has 1 aliphatic heterocycles. The lowest BCUT2D eigenvalue weighted by Crippen LogP contribution is -2.49. The monoisotopic (exact) mass is 703 g/mol. The number of hydrogen-bond donors (Lipinski definition) is 2. The van der Waals surface area contributed by atoms with Crippen LogP contribution in [0.4, 0.5) is 4.79 Å². The molecule has 0 spiro atoms. The van der Waals surface area contributed by atoms with Crippen molar-refractivity contribution < 1.29 is 23.9 Å².